The second-order valence-electron chi connectivity index (χ2n) is 5.34. The van der Waals surface area contributed by atoms with Crippen molar-refractivity contribution < 1.29 is 28.1 Å². The number of urea groups is 1. The van der Waals surface area contributed by atoms with Gasteiger partial charge in [-0.25, -0.2) is 9.69 Å². The van der Waals surface area contributed by atoms with Gasteiger partial charge < -0.3 is 9.15 Å². The van der Waals surface area contributed by atoms with Crippen molar-refractivity contribution in [2.75, 3.05) is 20.2 Å². The highest BCUT2D eigenvalue weighted by Gasteiger charge is 2.56. The van der Waals surface area contributed by atoms with Crippen LogP contribution in [0.4, 0.5) is 10.8 Å². The van der Waals surface area contributed by atoms with Gasteiger partial charge in [0.15, 0.2) is 5.76 Å². The van der Waals surface area contributed by atoms with Gasteiger partial charge in [-0.3, -0.25) is 14.5 Å². The Kier molecular flexibility index (Phi) is 3.42. The van der Waals surface area contributed by atoms with Crippen molar-refractivity contribution in [3.05, 3.63) is 11.5 Å². The lowest BCUT2D eigenvalue weighted by molar-refractivity contribution is -0.685. The molecule has 1 aromatic rings. The first-order valence-electron chi connectivity index (χ1n) is 7.21. The number of amidine groups is 1. The van der Waals surface area contributed by atoms with E-state index in [0.717, 1.165) is 10.6 Å². The molecule has 2 aliphatic rings. The van der Waals surface area contributed by atoms with E-state index in [1.165, 1.54) is 11.9 Å². The Hall–Kier alpha value is -2.71. The number of carbonyl (C=O) groups excluding carboxylic acids is 3. The van der Waals surface area contributed by atoms with Crippen molar-refractivity contribution in [3.63, 3.8) is 0 Å². The van der Waals surface area contributed by atoms with E-state index in [4.69, 9.17) is 9.15 Å². The van der Waals surface area contributed by atoms with Crippen LogP contribution in [-0.2, 0) is 14.3 Å². The topological polar surface area (TPSA) is 96.3 Å². The summed E-state index contributed by atoms with van der Waals surface area (Å²) in [6.07, 6.45) is 0. The van der Waals surface area contributed by atoms with Gasteiger partial charge in [-0.2, -0.15) is 4.57 Å². The van der Waals surface area contributed by atoms with Crippen molar-refractivity contribution in [3.8, 4) is 0 Å². The van der Waals surface area contributed by atoms with Crippen LogP contribution in [0.25, 0.3) is 0 Å². The molecule has 9 nitrogen and oxygen atoms in total. The van der Waals surface area contributed by atoms with E-state index in [0.29, 0.717) is 11.6 Å². The summed E-state index contributed by atoms with van der Waals surface area (Å²) in [5, 5.41) is 0. The Bertz CT molecular complexity index is 751. The number of oxazole rings is 1. The summed E-state index contributed by atoms with van der Waals surface area (Å²) in [7, 11) is 1.51. The number of likely N-dealkylation sites (N-methyl/N-ethyl adjacent to an activating group) is 1. The van der Waals surface area contributed by atoms with Crippen LogP contribution in [0.3, 0.4) is 0 Å². The van der Waals surface area contributed by atoms with Gasteiger partial charge in [0.05, 0.1) is 6.61 Å². The third-order valence-electron chi connectivity index (χ3n) is 3.99. The van der Waals surface area contributed by atoms with Gasteiger partial charge in [0.2, 0.25) is 0 Å². The van der Waals surface area contributed by atoms with E-state index in [1.54, 1.807) is 25.3 Å². The van der Waals surface area contributed by atoms with Crippen LogP contribution in [0.1, 0.15) is 24.4 Å². The standard InChI is InChI=1S/C14H17N4O5/c1-5-22-9(19)6-17-12(20)10-11(16(4)14(17)21)15-13-18(10)7(2)8(3)23-13/h10H,5-6H2,1-4H3/q+1. The maximum atomic E-state index is 12.8. The minimum Gasteiger partial charge on any atom is -0.465 e. The Morgan fingerprint density at radius 2 is 2.09 bits per heavy atom. The number of hydrogen-bond acceptors (Lipinski definition) is 6. The van der Waals surface area contributed by atoms with Gasteiger partial charge >= 0.3 is 18.0 Å². The number of ether oxygens (including phenoxy) is 1. The number of amides is 3. The molecule has 0 aliphatic carbocycles. The van der Waals surface area contributed by atoms with Crippen LogP contribution < -0.4 is 4.57 Å². The first kappa shape index (κ1) is 15.2. The van der Waals surface area contributed by atoms with Gasteiger partial charge in [0.25, 0.3) is 17.8 Å². The first-order valence-corrected chi connectivity index (χ1v) is 7.21. The number of aromatic nitrogens is 1. The summed E-state index contributed by atoms with van der Waals surface area (Å²) >= 11 is 0. The number of aliphatic imine (C=N–C) groups is 1. The lowest BCUT2D eigenvalue weighted by Gasteiger charge is -2.31. The summed E-state index contributed by atoms with van der Waals surface area (Å²) in [6, 6.07) is -1.15. The molecule has 1 saturated heterocycles. The van der Waals surface area contributed by atoms with Crippen LogP contribution in [0.2, 0.25) is 0 Å². The summed E-state index contributed by atoms with van der Waals surface area (Å²) < 4.78 is 12.0. The number of hydrogen-bond donors (Lipinski definition) is 0. The molecule has 2 aliphatic heterocycles. The monoisotopic (exact) mass is 321 g/mol. The average Bonchev–Trinajstić information content (AvgIpc) is 2.99. The fourth-order valence-corrected chi connectivity index (χ4v) is 2.71. The highest BCUT2D eigenvalue weighted by molar-refractivity contribution is 6.19. The molecule has 122 valence electrons. The third-order valence-corrected chi connectivity index (χ3v) is 3.99. The maximum absolute atomic E-state index is 12.8. The quantitative estimate of drug-likeness (QED) is 0.586. The number of carbonyl (C=O) groups is 3. The van der Waals surface area contributed by atoms with Crippen molar-refractivity contribution >= 4 is 29.8 Å². The van der Waals surface area contributed by atoms with Gasteiger partial charge in [-0.1, -0.05) is 0 Å². The minimum atomic E-state index is -0.806. The maximum Gasteiger partial charge on any atom is 0.507 e. The molecule has 0 radical (unpaired) electrons. The van der Waals surface area contributed by atoms with E-state index >= 15 is 0 Å². The molecule has 1 aromatic heterocycles. The van der Waals surface area contributed by atoms with Crippen LogP contribution in [0.5, 0.6) is 0 Å². The molecule has 9 heteroatoms. The number of fused-ring (bicyclic) bond motifs is 3. The fraction of sp³-hybridized carbons (Fsp3) is 0.500. The van der Waals surface area contributed by atoms with E-state index in [-0.39, 0.29) is 12.6 Å². The molecule has 0 N–H and O–H groups in total. The molecule has 0 spiro atoms. The van der Waals surface area contributed by atoms with E-state index < -0.39 is 30.5 Å². The molecule has 1 fully saturated rings. The minimum absolute atomic E-state index is 0.181. The lowest BCUT2D eigenvalue weighted by atomic mass is 10.1. The van der Waals surface area contributed by atoms with Gasteiger partial charge in [0.1, 0.15) is 12.2 Å². The zero-order chi connectivity index (χ0) is 16.9. The SMILES string of the molecule is CCOC(=O)CN1C(=O)C2C(=Nc3oc(C)c(C)[n+]32)N(C)C1=O. The summed E-state index contributed by atoms with van der Waals surface area (Å²) in [6.45, 7) is 4.99. The van der Waals surface area contributed by atoms with E-state index in [2.05, 4.69) is 4.99 Å². The van der Waals surface area contributed by atoms with Gasteiger partial charge in [-0.15, -0.1) is 0 Å². The Morgan fingerprint density at radius 1 is 1.39 bits per heavy atom. The summed E-state index contributed by atoms with van der Waals surface area (Å²) in [5.74, 6) is -0.215. The predicted molar refractivity (Wildman–Crippen MR) is 76.0 cm³/mol. The highest BCUT2D eigenvalue weighted by Crippen LogP contribution is 2.30. The number of aryl methyl sites for hydroxylation is 1. The second-order valence-corrected chi connectivity index (χ2v) is 5.34. The molecule has 23 heavy (non-hydrogen) atoms. The number of imide groups is 1. The summed E-state index contributed by atoms with van der Waals surface area (Å²) in [5.41, 5.74) is 0.746. The van der Waals surface area contributed by atoms with Gasteiger partial charge in [0, 0.05) is 19.0 Å². The van der Waals surface area contributed by atoms with Crippen molar-refractivity contribution in [2.45, 2.75) is 26.8 Å². The molecular weight excluding hydrogens is 304 g/mol. The Labute approximate surface area is 132 Å². The highest BCUT2D eigenvalue weighted by atomic mass is 16.5. The number of esters is 1. The van der Waals surface area contributed by atoms with Crippen molar-refractivity contribution in [1.29, 1.82) is 0 Å². The third kappa shape index (κ3) is 2.11. The first-order chi connectivity index (χ1) is 10.9. The average molecular weight is 321 g/mol. The molecule has 0 bridgehead atoms. The van der Waals surface area contributed by atoms with Gasteiger partial charge in [-0.05, 0) is 13.8 Å². The lowest BCUT2D eigenvalue weighted by Crippen LogP contribution is -2.64. The largest absolute Gasteiger partial charge is 0.507 e. The molecule has 3 rings (SSSR count). The van der Waals surface area contributed by atoms with E-state index in [1.807, 2.05) is 0 Å². The second kappa shape index (κ2) is 5.18. The Morgan fingerprint density at radius 3 is 2.74 bits per heavy atom. The molecule has 3 heterocycles. The zero-order valence-corrected chi connectivity index (χ0v) is 13.3. The smallest absolute Gasteiger partial charge is 0.465 e. The predicted octanol–water partition coefficient (Wildman–Crippen LogP) is 0.226. The Balaban J connectivity index is 1.99. The van der Waals surface area contributed by atoms with Crippen LogP contribution in [0.15, 0.2) is 9.41 Å². The number of rotatable bonds is 3. The molecule has 1 atom stereocenters. The molecular formula is C14H17N4O5+. The fourth-order valence-electron chi connectivity index (χ4n) is 2.71. The molecule has 0 saturated carbocycles. The van der Waals surface area contributed by atoms with Crippen molar-refractivity contribution in [1.82, 2.24) is 9.80 Å². The zero-order valence-electron chi connectivity index (χ0n) is 13.3. The van der Waals surface area contributed by atoms with E-state index in [9.17, 15) is 14.4 Å². The van der Waals surface area contributed by atoms with Crippen LogP contribution in [0, 0.1) is 13.8 Å². The number of nitrogens with zero attached hydrogens (tertiary/aromatic N) is 4. The summed E-state index contributed by atoms with van der Waals surface area (Å²) in [4.78, 5) is 43.1. The van der Waals surface area contributed by atoms with Crippen LogP contribution >= 0.6 is 0 Å². The molecule has 1 unspecified atom stereocenters. The van der Waals surface area contributed by atoms with Crippen molar-refractivity contribution in [2.24, 2.45) is 4.99 Å². The normalized spacial score (nSPS) is 19.7. The van der Waals surface area contributed by atoms with Crippen LogP contribution in [-0.4, -0.2) is 53.7 Å². The molecule has 0 aromatic carbocycles. The molecule has 3 amide bonds.